The number of ether oxygens (including phenoxy) is 1. The van der Waals surface area contributed by atoms with Crippen LogP contribution in [0.3, 0.4) is 0 Å². The van der Waals surface area contributed by atoms with Crippen molar-refractivity contribution in [2.75, 3.05) is 7.11 Å². The van der Waals surface area contributed by atoms with Crippen LogP contribution in [0.5, 0.6) is 0 Å². The third kappa shape index (κ3) is 4.81. The summed E-state index contributed by atoms with van der Waals surface area (Å²) < 4.78 is 5.06. The summed E-state index contributed by atoms with van der Waals surface area (Å²) >= 11 is 4.15. The molecule has 0 aromatic heterocycles. The van der Waals surface area contributed by atoms with Crippen LogP contribution in [0, 0.1) is 0 Å². The zero-order chi connectivity index (χ0) is 9.52. The molecule has 2 nitrogen and oxygen atoms in total. The first kappa shape index (κ1) is 11.2. The van der Waals surface area contributed by atoms with Crippen molar-refractivity contribution in [1.29, 1.82) is 0 Å². The van der Waals surface area contributed by atoms with Crippen LogP contribution in [0.1, 0.15) is 0 Å². The summed E-state index contributed by atoms with van der Waals surface area (Å²) in [5.74, 6) is -0.283. The SMILES string of the molecule is COC(=O)/C=C\SC1C[Se]C=CS1. The van der Waals surface area contributed by atoms with E-state index < -0.39 is 0 Å². The average molecular weight is 281 g/mol. The molecule has 0 aromatic carbocycles. The number of carbonyl (C=O) groups is 1. The first-order valence-electron chi connectivity index (χ1n) is 3.65. The maximum absolute atomic E-state index is 10.7. The minimum absolute atomic E-state index is 0.283. The molecule has 1 aliphatic heterocycles. The molecule has 0 aliphatic carbocycles. The molecule has 0 amide bonds. The zero-order valence-electron chi connectivity index (χ0n) is 7.14. The molecule has 1 heterocycles. The molecule has 1 aliphatic rings. The molecule has 0 aromatic rings. The van der Waals surface area contributed by atoms with Gasteiger partial charge in [0.15, 0.2) is 0 Å². The van der Waals surface area contributed by atoms with Gasteiger partial charge in [-0.3, -0.25) is 0 Å². The molecule has 0 N–H and O–H groups in total. The van der Waals surface area contributed by atoms with E-state index in [0.717, 1.165) is 0 Å². The van der Waals surface area contributed by atoms with E-state index in [0.29, 0.717) is 19.5 Å². The molecule has 0 fully saturated rings. The number of hydrogen-bond acceptors (Lipinski definition) is 4. The van der Waals surface area contributed by atoms with Crippen LogP contribution in [0.4, 0.5) is 0 Å². The van der Waals surface area contributed by atoms with Crippen molar-refractivity contribution >= 4 is 44.4 Å². The standard InChI is InChI=1S/C8H10O2S2Se/c1-10-7(9)2-3-11-8-6-13-5-4-12-8/h2-5,8H,6H2,1H3/b3-2-. The average Bonchev–Trinajstić information content (AvgIpc) is 2.19. The Bertz CT molecular complexity index is 228. The summed E-state index contributed by atoms with van der Waals surface area (Å²) in [4.78, 5) is 12.9. The number of esters is 1. The summed E-state index contributed by atoms with van der Waals surface area (Å²) in [6, 6.07) is 0. The predicted octanol–water partition coefficient (Wildman–Crippen LogP) is 2.07. The van der Waals surface area contributed by atoms with Crippen LogP contribution in [0.15, 0.2) is 21.9 Å². The van der Waals surface area contributed by atoms with E-state index in [2.05, 4.69) is 15.1 Å². The molecule has 72 valence electrons. The summed E-state index contributed by atoms with van der Waals surface area (Å²) in [5.41, 5.74) is 0. The molecule has 1 rings (SSSR count). The van der Waals surface area contributed by atoms with Crippen molar-refractivity contribution in [3.05, 3.63) is 21.9 Å². The monoisotopic (exact) mass is 282 g/mol. The van der Waals surface area contributed by atoms with Gasteiger partial charge in [-0.2, -0.15) is 0 Å². The number of thioether (sulfide) groups is 2. The van der Waals surface area contributed by atoms with Crippen molar-refractivity contribution in [3.8, 4) is 0 Å². The fourth-order valence-electron chi connectivity index (χ4n) is 0.654. The van der Waals surface area contributed by atoms with E-state index in [1.165, 1.54) is 18.5 Å². The number of methoxy groups -OCH3 is 1. The molecule has 5 heteroatoms. The molecular weight excluding hydrogens is 271 g/mol. The maximum atomic E-state index is 10.7. The molecule has 13 heavy (non-hydrogen) atoms. The summed E-state index contributed by atoms with van der Waals surface area (Å²) in [5, 5.41) is 5.19. The fourth-order valence-corrected chi connectivity index (χ4v) is 5.40. The van der Waals surface area contributed by atoms with Crippen LogP contribution in [-0.2, 0) is 9.53 Å². The molecule has 0 bridgehead atoms. The van der Waals surface area contributed by atoms with E-state index in [4.69, 9.17) is 0 Å². The van der Waals surface area contributed by atoms with Gasteiger partial charge in [0.05, 0.1) is 0 Å². The molecule has 1 atom stereocenters. The van der Waals surface area contributed by atoms with E-state index in [1.54, 1.807) is 11.8 Å². The Labute approximate surface area is 92.7 Å². The van der Waals surface area contributed by atoms with Gasteiger partial charge in [-0.25, -0.2) is 0 Å². The summed E-state index contributed by atoms with van der Waals surface area (Å²) in [6.45, 7) is 0. The van der Waals surface area contributed by atoms with Crippen molar-refractivity contribution in [3.63, 3.8) is 0 Å². The van der Waals surface area contributed by atoms with Gasteiger partial charge in [0, 0.05) is 0 Å². The summed E-state index contributed by atoms with van der Waals surface area (Å²) in [7, 11) is 1.39. The van der Waals surface area contributed by atoms with Gasteiger partial charge in [-0.05, 0) is 0 Å². The van der Waals surface area contributed by atoms with Gasteiger partial charge >= 0.3 is 92.9 Å². The Hall–Kier alpha value is 0.169. The molecule has 0 saturated carbocycles. The van der Waals surface area contributed by atoms with Crippen molar-refractivity contribution in [1.82, 2.24) is 0 Å². The van der Waals surface area contributed by atoms with Crippen molar-refractivity contribution in [2.45, 2.75) is 9.90 Å². The first-order chi connectivity index (χ1) is 6.33. The van der Waals surface area contributed by atoms with Gasteiger partial charge in [-0.15, -0.1) is 0 Å². The molecule has 0 spiro atoms. The second kappa shape index (κ2) is 6.60. The quantitative estimate of drug-likeness (QED) is 0.449. The molecule has 0 saturated heterocycles. The van der Waals surface area contributed by atoms with Crippen molar-refractivity contribution in [2.24, 2.45) is 0 Å². The van der Waals surface area contributed by atoms with Gasteiger partial charge in [0.1, 0.15) is 0 Å². The second-order valence-corrected chi connectivity index (χ2v) is 6.63. The van der Waals surface area contributed by atoms with E-state index in [-0.39, 0.29) is 5.97 Å². The molecular formula is C8H10O2S2Se. The Balaban J connectivity index is 2.21. The van der Waals surface area contributed by atoms with Crippen LogP contribution in [0.25, 0.3) is 0 Å². The van der Waals surface area contributed by atoms with E-state index >= 15 is 0 Å². The van der Waals surface area contributed by atoms with Gasteiger partial charge in [0.25, 0.3) is 0 Å². The Morgan fingerprint density at radius 2 is 2.69 bits per heavy atom. The number of carbonyl (C=O) groups excluding carboxylic acids is 1. The Morgan fingerprint density at radius 1 is 1.85 bits per heavy atom. The molecule has 0 radical (unpaired) electrons. The normalized spacial score (nSPS) is 22.1. The number of hydrogen-bond donors (Lipinski definition) is 0. The van der Waals surface area contributed by atoms with Crippen LogP contribution in [-0.4, -0.2) is 32.6 Å². The predicted molar refractivity (Wildman–Crippen MR) is 59.8 cm³/mol. The summed E-state index contributed by atoms with van der Waals surface area (Å²) in [6.07, 6.45) is 1.47. The van der Waals surface area contributed by atoms with Gasteiger partial charge in [0.2, 0.25) is 0 Å². The Morgan fingerprint density at radius 3 is 3.31 bits per heavy atom. The first-order valence-corrected chi connectivity index (χ1v) is 7.73. The van der Waals surface area contributed by atoms with Crippen LogP contribution >= 0.6 is 23.5 Å². The van der Waals surface area contributed by atoms with E-state index in [9.17, 15) is 4.79 Å². The van der Waals surface area contributed by atoms with Crippen molar-refractivity contribution < 1.29 is 9.53 Å². The van der Waals surface area contributed by atoms with Crippen LogP contribution in [0.2, 0.25) is 5.32 Å². The van der Waals surface area contributed by atoms with Gasteiger partial charge in [-0.1, -0.05) is 0 Å². The topological polar surface area (TPSA) is 26.3 Å². The third-order valence-corrected chi connectivity index (χ3v) is 6.58. The minimum atomic E-state index is -0.283. The van der Waals surface area contributed by atoms with E-state index in [1.807, 2.05) is 17.2 Å². The number of rotatable bonds is 3. The van der Waals surface area contributed by atoms with Crippen LogP contribution < -0.4 is 0 Å². The Kier molecular flexibility index (Phi) is 5.71. The second-order valence-electron chi connectivity index (χ2n) is 2.13. The third-order valence-electron chi connectivity index (χ3n) is 1.25. The molecule has 1 unspecified atom stereocenters. The fraction of sp³-hybridized carbons (Fsp3) is 0.375. The zero-order valence-corrected chi connectivity index (χ0v) is 10.5. The van der Waals surface area contributed by atoms with Gasteiger partial charge < -0.3 is 0 Å².